The standard InChI is InChI=1S/C19H25N3O4S/c1-22(2)16(17-6-5-7-27-17)11-20-18(23)12-21-19(24)13-8-14(25-3)10-15(9-13)26-4/h5-10,16H,11-12H2,1-4H3,(H,20,23)(H,21,24). The molecule has 2 rings (SSSR count). The summed E-state index contributed by atoms with van der Waals surface area (Å²) >= 11 is 1.65. The minimum atomic E-state index is -0.371. The smallest absolute Gasteiger partial charge is 0.251 e. The monoisotopic (exact) mass is 391 g/mol. The van der Waals surface area contributed by atoms with Gasteiger partial charge in [0.15, 0.2) is 0 Å². The van der Waals surface area contributed by atoms with E-state index in [-0.39, 0.29) is 24.4 Å². The summed E-state index contributed by atoms with van der Waals surface area (Å²) in [5.41, 5.74) is 0.365. The van der Waals surface area contributed by atoms with Crippen LogP contribution in [0.2, 0.25) is 0 Å². The zero-order valence-electron chi connectivity index (χ0n) is 15.9. The van der Waals surface area contributed by atoms with E-state index in [9.17, 15) is 9.59 Å². The number of nitrogens with one attached hydrogen (secondary N) is 2. The van der Waals surface area contributed by atoms with Gasteiger partial charge in [0.25, 0.3) is 5.91 Å². The molecule has 0 bridgehead atoms. The molecule has 0 radical (unpaired) electrons. The molecule has 1 unspecified atom stereocenters. The Hall–Kier alpha value is -2.58. The highest BCUT2D eigenvalue weighted by atomic mass is 32.1. The molecule has 27 heavy (non-hydrogen) atoms. The van der Waals surface area contributed by atoms with E-state index in [1.165, 1.54) is 19.1 Å². The lowest BCUT2D eigenvalue weighted by molar-refractivity contribution is -0.120. The van der Waals surface area contributed by atoms with Crippen LogP contribution in [-0.4, -0.2) is 58.1 Å². The van der Waals surface area contributed by atoms with E-state index >= 15 is 0 Å². The third kappa shape index (κ3) is 5.97. The van der Waals surface area contributed by atoms with Crippen molar-refractivity contribution in [3.63, 3.8) is 0 Å². The summed E-state index contributed by atoms with van der Waals surface area (Å²) in [6.45, 7) is 0.359. The van der Waals surface area contributed by atoms with Crippen molar-refractivity contribution in [3.05, 3.63) is 46.2 Å². The van der Waals surface area contributed by atoms with Crippen LogP contribution in [0.1, 0.15) is 21.3 Å². The highest BCUT2D eigenvalue weighted by molar-refractivity contribution is 7.10. The number of likely N-dealkylation sites (N-methyl/N-ethyl adjacent to an activating group) is 1. The molecular weight excluding hydrogens is 366 g/mol. The van der Waals surface area contributed by atoms with Crippen molar-refractivity contribution in [1.29, 1.82) is 0 Å². The average Bonchev–Trinajstić information content (AvgIpc) is 3.19. The lowest BCUT2D eigenvalue weighted by atomic mass is 10.2. The van der Waals surface area contributed by atoms with Crippen molar-refractivity contribution in [2.24, 2.45) is 0 Å². The Kier molecular flexibility index (Phi) is 7.63. The van der Waals surface area contributed by atoms with Crippen LogP contribution in [0.15, 0.2) is 35.7 Å². The van der Waals surface area contributed by atoms with Gasteiger partial charge in [-0.05, 0) is 37.7 Å². The van der Waals surface area contributed by atoms with Crippen LogP contribution >= 0.6 is 11.3 Å². The largest absolute Gasteiger partial charge is 0.497 e. The molecule has 0 aliphatic rings. The molecule has 0 fully saturated rings. The van der Waals surface area contributed by atoms with E-state index in [0.717, 1.165) is 0 Å². The topological polar surface area (TPSA) is 79.9 Å². The maximum atomic E-state index is 12.3. The lowest BCUT2D eigenvalue weighted by Gasteiger charge is -2.23. The average molecular weight is 391 g/mol. The Balaban J connectivity index is 1.88. The summed E-state index contributed by atoms with van der Waals surface area (Å²) in [6.07, 6.45) is 0. The van der Waals surface area contributed by atoms with Crippen LogP contribution in [0.4, 0.5) is 0 Å². The van der Waals surface area contributed by atoms with E-state index in [1.54, 1.807) is 29.5 Å². The fourth-order valence-corrected chi connectivity index (χ4v) is 3.42. The molecule has 1 aromatic heterocycles. The number of rotatable bonds is 9. The first-order valence-electron chi connectivity index (χ1n) is 8.42. The van der Waals surface area contributed by atoms with Crippen LogP contribution in [0.3, 0.4) is 0 Å². The first-order valence-corrected chi connectivity index (χ1v) is 9.30. The SMILES string of the molecule is COc1cc(OC)cc(C(=O)NCC(=O)NCC(c2cccs2)N(C)C)c1. The Morgan fingerprint density at radius 1 is 1.11 bits per heavy atom. The van der Waals surface area contributed by atoms with Crippen LogP contribution in [0, 0.1) is 0 Å². The van der Waals surface area contributed by atoms with Crippen LogP contribution in [-0.2, 0) is 4.79 Å². The normalized spacial score (nSPS) is 11.7. The second-order valence-electron chi connectivity index (χ2n) is 6.08. The molecule has 2 N–H and O–H groups in total. The predicted octanol–water partition coefficient (Wildman–Crippen LogP) is 1.91. The molecule has 0 spiro atoms. The van der Waals surface area contributed by atoms with Gasteiger partial charge >= 0.3 is 0 Å². The predicted molar refractivity (Wildman–Crippen MR) is 106 cm³/mol. The second kappa shape index (κ2) is 9.94. The molecule has 2 aromatic rings. The zero-order valence-corrected chi connectivity index (χ0v) is 16.8. The fourth-order valence-electron chi connectivity index (χ4n) is 2.49. The molecule has 0 saturated carbocycles. The van der Waals surface area contributed by atoms with E-state index < -0.39 is 0 Å². The number of thiophene rings is 1. The van der Waals surface area contributed by atoms with Crippen molar-refractivity contribution in [1.82, 2.24) is 15.5 Å². The summed E-state index contributed by atoms with van der Waals surface area (Å²) < 4.78 is 10.3. The summed E-state index contributed by atoms with van der Waals surface area (Å²) in [5, 5.41) is 7.49. The molecular formula is C19H25N3O4S. The highest BCUT2D eigenvalue weighted by Gasteiger charge is 2.17. The number of ether oxygens (including phenoxy) is 2. The number of amides is 2. The minimum absolute atomic E-state index is 0.0901. The van der Waals surface area contributed by atoms with E-state index in [1.807, 2.05) is 36.5 Å². The van der Waals surface area contributed by atoms with Crippen LogP contribution in [0.5, 0.6) is 11.5 Å². The van der Waals surface area contributed by atoms with E-state index in [2.05, 4.69) is 10.6 Å². The Labute approximate surface area is 163 Å². The molecule has 1 heterocycles. The maximum Gasteiger partial charge on any atom is 0.251 e. The number of methoxy groups -OCH3 is 2. The van der Waals surface area contributed by atoms with Crippen molar-refractivity contribution in [2.75, 3.05) is 41.4 Å². The zero-order chi connectivity index (χ0) is 19.8. The fraction of sp³-hybridized carbons (Fsp3) is 0.368. The quantitative estimate of drug-likeness (QED) is 0.683. The van der Waals surface area contributed by atoms with Gasteiger partial charge in [0.1, 0.15) is 11.5 Å². The van der Waals surface area contributed by atoms with E-state index in [0.29, 0.717) is 23.6 Å². The number of nitrogens with zero attached hydrogens (tertiary/aromatic N) is 1. The van der Waals surface area contributed by atoms with Gasteiger partial charge in [-0.25, -0.2) is 0 Å². The van der Waals surface area contributed by atoms with Crippen molar-refractivity contribution in [3.8, 4) is 11.5 Å². The van der Waals surface area contributed by atoms with Crippen LogP contribution < -0.4 is 20.1 Å². The number of hydrogen-bond acceptors (Lipinski definition) is 6. The lowest BCUT2D eigenvalue weighted by Crippen LogP contribution is -2.40. The van der Waals surface area contributed by atoms with Gasteiger partial charge in [-0.3, -0.25) is 9.59 Å². The number of carbonyl (C=O) groups is 2. The maximum absolute atomic E-state index is 12.3. The van der Waals surface area contributed by atoms with Crippen molar-refractivity contribution >= 4 is 23.2 Å². The number of carbonyl (C=O) groups excluding carboxylic acids is 2. The molecule has 0 aliphatic heterocycles. The van der Waals surface area contributed by atoms with Gasteiger partial charge in [0.05, 0.1) is 26.8 Å². The molecule has 2 amide bonds. The van der Waals surface area contributed by atoms with Crippen molar-refractivity contribution in [2.45, 2.75) is 6.04 Å². The molecule has 0 saturated heterocycles. The molecule has 1 atom stereocenters. The first-order chi connectivity index (χ1) is 12.9. The van der Waals surface area contributed by atoms with Crippen molar-refractivity contribution < 1.29 is 19.1 Å². The summed E-state index contributed by atoms with van der Waals surface area (Å²) in [5.74, 6) is 0.397. The van der Waals surface area contributed by atoms with Gasteiger partial charge < -0.3 is 25.0 Å². The molecule has 146 valence electrons. The van der Waals surface area contributed by atoms with Gasteiger partial charge in [0.2, 0.25) is 5.91 Å². The summed E-state index contributed by atoms with van der Waals surface area (Å²) in [7, 11) is 6.96. The summed E-state index contributed by atoms with van der Waals surface area (Å²) in [4.78, 5) is 27.7. The first kappa shape index (κ1) is 20.7. The van der Waals surface area contributed by atoms with Gasteiger partial charge in [-0.2, -0.15) is 0 Å². The molecule has 7 nitrogen and oxygen atoms in total. The summed E-state index contributed by atoms with van der Waals surface area (Å²) in [6, 6.07) is 8.98. The Morgan fingerprint density at radius 3 is 2.30 bits per heavy atom. The van der Waals surface area contributed by atoms with E-state index in [4.69, 9.17) is 9.47 Å². The second-order valence-corrected chi connectivity index (χ2v) is 7.06. The van der Waals surface area contributed by atoms with Gasteiger partial charge in [0, 0.05) is 23.1 Å². The number of hydrogen-bond donors (Lipinski definition) is 2. The molecule has 8 heteroatoms. The minimum Gasteiger partial charge on any atom is -0.497 e. The number of benzene rings is 1. The Bertz CT molecular complexity index is 740. The highest BCUT2D eigenvalue weighted by Crippen LogP contribution is 2.23. The third-order valence-corrected chi connectivity index (χ3v) is 4.98. The Morgan fingerprint density at radius 2 is 1.78 bits per heavy atom. The molecule has 1 aromatic carbocycles. The van der Waals surface area contributed by atoms with Crippen LogP contribution in [0.25, 0.3) is 0 Å². The van der Waals surface area contributed by atoms with Gasteiger partial charge in [-0.1, -0.05) is 6.07 Å². The van der Waals surface area contributed by atoms with Gasteiger partial charge in [-0.15, -0.1) is 11.3 Å². The molecule has 0 aliphatic carbocycles. The third-order valence-electron chi connectivity index (χ3n) is 4.01.